The van der Waals surface area contributed by atoms with E-state index < -0.39 is 5.54 Å². The predicted molar refractivity (Wildman–Crippen MR) is 209 cm³/mol. The van der Waals surface area contributed by atoms with Crippen molar-refractivity contribution in [3.8, 4) is 0 Å². The molecule has 0 amide bonds. The van der Waals surface area contributed by atoms with Gasteiger partial charge in [-0.2, -0.15) is 0 Å². The average molecular weight is 656 g/mol. The van der Waals surface area contributed by atoms with Crippen molar-refractivity contribution in [3.05, 3.63) is 156 Å². The number of hydrogen-bond donors (Lipinski definition) is 1. The quantitative estimate of drug-likeness (QED) is 0.135. The van der Waals surface area contributed by atoms with Gasteiger partial charge in [-0.15, -0.1) is 0 Å². The Balaban J connectivity index is 1.15. The second kappa shape index (κ2) is 13.9. The van der Waals surface area contributed by atoms with Crippen molar-refractivity contribution >= 4 is 43.6 Å². The Kier molecular flexibility index (Phi) is 8.91. The molecule has 5 heteroatoms. The average Bonchev–Trinajstić information content (AvgIpc) is 3.66. The molecule has 0 fully saturated rings. The van der Waals surface area contributed by atoms with E-state index >= 15 is 0 Å². The van der Waals surface area contributed by atoms with Crippen molar-refractivity contribution in [1.29, 1.82) is 0 Å². The van der Waals surface area contributed by atoms with Gasteiger partial charge in [0.1, 0.15) is 0 Å². The highest BCUT2D eigenvalue weighted by Gasteiger charge is 2.29. The first kappa shape index (κ1) is 32.0. The topological polar surface area (TPSA) is 61.7 Å². The molecule has 0 saturated heterocycles. The third kappa shape index (κ3) is 6.18. The Bertz CT molecular complexity index is 2220. The summed E-state index contributed by atoms with van der Waals surface area (Å²) in [7, 11) is 0. The summed E-state index contributed by atoms with van der Waals surface area (Å²) >= 11 is 0. The number of nitrogens with zero attached hydrogens (tertiary/aromatic N) is 4. The molecule has 250 valence electrons. The molecule has 4 aromatic carbocycles. The van der Waals surface area contributed by atoms with Crippen LogP contribution in [0.5, 0.6) is 0 Å². The molecule has 5 nitrogen and oxygen atoms in total. The van der Waals surface area contributed by atoms with Crippen molar-refractivity contribution < 1.29 is 0 Å². The van der Waals surface area contributed by atoms with Gasteiger partial charge in [0.2, 0.25) is 0 Å². The van der Waals surface area contributed by atoms with Gasteiger partial charge in [-0.1, -0.05) is 104 Å². The summed E-state index contributed by atoms with van der Waals surface area (Å²) in [5.74, 6) is 0. The number of aryl methyl sites for hydroxylation is 4. The second-order valence-corrected chi connectivity index (χ2v) is 13.9. The van der Waals surface area contributed by atoms with Crippen LogP contribution in [0.2, 0.25) is 0 Å². The van der Waals surface area contributed by atoms with E-state index in [1.54, 1.807) is 0 Å². The summed E-state index contributed by atoms with van der Waals surface area (Å²) in [6.07, 6.45) is 10.3. The predicted octanol–water partition coefficient (Wildman–Crippen LogP) is 9.85. The molecule has 8 aromatic rings. The SMILES string of the molecule is CCC(N)(Cc1nccc2c3ccccc3n(CCCc3ccccc3)c12)Cc1nccc2c3ccccc3n(CCCc3ccccc3)c12. The van der Waals surface area contributed by atoms with Crippen LogP contribution >= 0.6 is 0 Å². The van der Waals surface area contributed by atoms with E-state index in [-0.39, 0.29) is 0 Å². The van der Waals surface area contributed by atoms with E-state index in [4.69, 9.17) is 15.7 Å². The van der Waals surface area contributed by atoms with Crippen LogP contribution in [0.15, 0.2) is 134 Å². The minimum absolute atomic E-state index is 0.529. The number of aromatic nitrogens is 4. The molecule has 0 spiro atoms. The molecule has 0 unspecified atom stereocenters. The molecule has 8 rings (SSSR count). The van der Waals surface area contributed by atoms with Crippen LogP contribution in [-0.4, -0.2) is 24.6 Å². The zero-order valence-electron chi connectivity index (χ0n) is 28.9. The van der Waals surface area contributed by atoms with Crippen LogP contribution in [0.4, 0.5) is 0 Å². The Labute approximate surface area is 294 Å². The highest BCUT2D eigenvalue weighted by atomic mass is 15.0. The molecule has 0 aliphatic rings. The summed E-state index contributed by atoms with van der Waals surface area (Å²) in [6.45, 7) is 4.06. The Morgan fingerprint density at radius 3 is 1.38 bits per heavy atom. The van der Waals surface area contributed by atoms with Crippen molar-refractivity contribution in [3.63, 3.8) is 0 Å². The minimum atomic E-state index is -0.529. The zero-order valence-corrected chi connectivity index (χ0v) is 28.9. The van der Waals surface area contributed by atoms with E-state index in [2.05, 4.69) is 137 Å². The molecule has 4 heterocycles. The van der Waals surface area contributed by atoms with Crippen LogP contribution in [0, 0.1) is 0 Å². The smallest absolute Gasteiger partial charge is 0.0711 e. The lowest BCUT2D eigenvalue weighted by Gasteiger charge is -2.29. The van der Waals surface area contributed by atoms with E-state index in [1.807, 2.05) is 12.4 Å². The van der Waals surface area contributed by atoms with Crippen LogP contribution < -0.4 is 5.73 Å². The number of pyridine rings is 2. The molecule has 0 saturated carbocycles. The number of hydrogen-bond acceptors (Lipinski definition) is 3. The Hall–Kier alpha value is -5.26. The number of benzene rings is 4. The largest absolute Gasteiger partial charge is 0.339 e. The molecular weight excluding hydrogens is 611 g/mol. The third-order valence-electron chi connectivity index (χ3n) is 10.6. The summed E-state index contributed by atoms with van der Waals surface area (Å²) in [6, 6.07) is 43.5. The molecule has 4 aromatic heterocycles. The fourth-order valence-corrected chi connectivity index (χ4v) is 8.02. The monoisotopic (exact) mass is 655 g/mol. The first-order valence-electron chi connectivity index (χ1n) is 18.2. The summed E-state index contributed by atoms with van der Waals surface area (Å²) in [4.78, 5) is 10.1. The van der Waals surface area contributed by atoms with Gasteiger partial charge in [0.15, 0.2) is 0 Å². The summed E-state index contributed by atoms with van der Waals surface area (Å²) < 4.78 is 4.99. The summed E-state index contributed by atoms with van der Waals surface area (Å²) in [5, 5.41) is 5.05. The lowest BCUT2D eigenvalue weighted by Crippen LogP contribution is -2.44. The highest BCUT2D eigenvalue weighted by molar-refractivity contribution is 6.09. The highest BCUT2D eigenvalue weighted by Crippen LogP contribution is 2.35. The maximum absolute atomic E-state index is 7.49. The number of nitrogens with two attached hydrogens (primary N) is 1. The molecular formula is C45H45N5. The van der Waals surface area contributed by atoms with Crippen LogP contribution in [0.3, 0.4) is 0 Å². The van der Waals surface area contributed by atoms with Gasteiger partial charge >= 0.3 is 0 Å². The number of fused-ring (bicyclic) bond motifs is 6. The fraction of sp³-hybridized carbons (Fsp3) is 0.244. The van der Waals surface area contributed by atoms with Crippen LogP contribution in [0.25, 0.3) is 43.6 Å². The van der Waals surface area contributed by atoms with E-state index in [1.165, 1.54) is 54.7 Å². The standard InChI is InChI=1S/C45H45N5/c1-2-45(46,31-39-43-37(25-27-47-39)35-21-9-11-23-41(35)49(43)29-13-19-33-15-5-3-6-16-33)32-40-44-38(26-28-48-40)36-22-10-12-24-42(36)50(44)30-14-20-34-17-7-4-8-18-34/h3-12,15-18,21-28H,2,13-14,19-20,29-32,46H2,1H3. The first-order valence-corrected chi connectivity index (χ1v) is 18.2. The van der Waals surface area contributed by atoms with Crippen molar-refractivity contribution in [2.45, 2.75) is 70.5 Å². The van der Waals surface area contributed by atoms with Crippen LogP contribution in [0.1, 0.15) is 48.7 Å². The second-order valence-electron chi connectivity index (χ2n) is 13.9. The van der Waals surface area contributed by atoms with Gasteiger partial charge in [-0.3, -0.25) is 9.97 Å². The number of rotatable bonds is 13. The van der Waals surface area contributed by atoms with Crippen molar-refractivity contribution in [2.75, 3.05) is 0 Å². The van der Waals surface area contributed by atoms with Gasteiger partial charge in [0.05, 0.1) is 22.4 Å². The minimum Gasteiger partial charge on any atom is -0.339 e. The molecule has 2 N–H and O–H groups in total. The molecule has 0 aliphatic heterocycles. The lowest BCUT2D eigenvalue weighted by atomic mass is 9.85. The molecule has 0 aliphatic carbocycles. The summed E-state index contributed by atoms with van der Waals surface area (Å²) in [5.41, 5.74) is 16.8. The normalized spacial score (nSPS) is 12.1. The van der Waals surface area contributed by atoms with Gasteiger partial charge < -0.3 is 14.9 Å². The van der Waals surface area contributed by atoms with Gasteiger partial charge in [-0.05, 0) is 67.5 Å². The van der Waals surface area contributed by atoms with Crippen molar-refractivity contribution in [2.24, 2.45) is 5.73 Å². The zero-order chi connectivity index (χ0) is 33.9. The van der Waals surface area contributed by atoms with Crippen LogP contribution in [-0.2, 0) is 38.8 Å². The maximum atomic E-state index is 7.49. The van der Waals surface area contributed by atoms with E-state index in [0.29, 0.717) is 12.8 Å². The van der Waals surface area contributed by atoms with Gasteiger partial charge in [-0.25, -0.2) is 0 Å². The third-order valence-corrected chi connectivity index (χ3v) is 10.6. The van der Waals surface area contributed by atoms with Gasteiger partial charge in [0, 0.05) is 76.4 Å². The van der Waals surface area contributed by atoms with Crippen molar-refractivity contribution in [1.82, 2.24) is 19.1 Å². The molecule has 50 heavy (non-hydrogen) atoms. The first-order chi connectivity index (χ1) is 24.6. The Morgan fingerprint density at radius 2 is 0.940 bits per heavy atom. The number of para-hydroxylation sites is 2. The maximum Gasteiger partial charge on any atom is 0.0711 e. The fourth-order valence-electron chi connectivity index (χ4n) is 8.02. The lowest BCUT2D eigenvalue weighted by molar-refractivity contribution is 0.398. The molecule has 0 bridgehead atoms. The Morgan fingerprint density at radius 1 is 0.520 bits per heavy atom. The molecule has 0 radical (unpaired) electrons. The molecule has 0 atom stereocenters. The van der Waals surface area contributed by atoms with Gasteiger partial charge in [0.25, 0.3) is 0 Å². The van der Waals surface area contributed by atoms with E-state index in [9.17, 15) is 0 Å². The van der Waals surface area contributed by atoms with E-state index in [0.717, 1.165) is 56.6 Å².